The number of nitrogens with two attached hydrogens (primary N) is 1. The zero-order valence-corrected chi connectivity index (χ0v) is 11.4. The van der Waals surface area contributed by atoms with Crippen molar-refractivity contribution in [3.63, 3.8) is 0 Å². The van der Waals surface area contributed by atoms with Crippen LogP contribution in [0.25, 0.3) is 0 Å². The first kappa shape index (κ1) is 16.4. The highest BCUT2D eigenvalue weighted by Crippen LogP contribution is 2.14. The van der Waals surface area contributed by atoms with Crippen LogP contribution in [-0.4, -0.2) is 43.9 Å². The zero-order chi connectivity index (χ0) is 13.3. The Morgan fingerprint density at radius 3 is 2.53 bits per heavy atom. The molecule has 5 heteroatoms. The average Bonchev–Trinajstić information content (AvgIpc) is 2.24. The van der Waals surface area contributed by atoms with E-state index < -0.39 is 5.54 Å². The van der Waals surface area contributed by atoms with Crippen molar-refractivity contribution in [3.8, 4) is 0 Å². The van der Waals surface area contributed by atoms with Crippen LogP contribution in [0.4, 0.5) is 0 Å². The molecule has 0 aromatic carbocycles. The van der Waals surface area contributed by atoms with Gasteiger partial charge in [-0.1, -0.05) is 6.92 Å². The van der Waals surface area contributed by atoms with E-state index in [0.717, 1.165) is 0 Å². The first-order valence-corrected chi connectivity index (χ1v) is 6.20. The lowest BCUT2D eigenvalue weighted by Gasteiger charge is -2.29. The summed E-state index contributed by atoms with van der Waals surface area (Å²) in [6.45, 7) is 10.1. The lowest BCUT2D eigenvalue weighted by molar-refractivity contribution is -0.125. The molecule has 0 aromatic rings. The monoisotopic (exact) mass is 246 g/mol. The summed E-state index contributed by atoms with van der Waals surface area (Å²) in [5.41, 5.74) is 4.69. The van der Waals surface area contributed by atoms with Crippen LogP contribution in [0.15, 0.2) is 0 Å². The first-order valence-electron chi connectivity index (χ1n) is 6.20. The topological polar surface area (TPSA) is 73.6 Å². The van der Waals surface area contributed by atoms with E-state index in [1.807, 2.05) is 20.8 Å². The van der Waals surface area contributed by atoms with Crippen molar-refractivity contribution < 1.29 is 14.3 Å². The Hall–Kier alpha value is -0.650. The fraction of sp³-hybridized carbons (Fsp3) is 0.917. The van der Waals surface area contributed by atoms with Crippen LogP contribution in [0.2, 0.25) is 0 Å². The minimum absolute atomic E-state index is 0.0352. The van der Waals surface area contributed by atoms with Crippen LogP contribution >= 0.6 is 0 Å². The molecule has 0 saturated carbocycles. The molecule has 17 heavy (non-hydrogen) atoms. The van der Waals surface area contributed by atoms with Crippen molar-refractivity contribution in [2.75, 3.05) is 26.4 Å². The number of ether oxygens (including phenoxy) is 2. The Morgan fingerprint density at radius 2 is 2.06 bits per heavy atom. The minimum atomic E-state index is -0.709. The second-order valence-corrected chi connectivity index (χ2v) is 4.31. The highest BCUT2D eigenvalue weighted by atomic mass is 16.5. The molecular weight excluding hydrogens is 220 g/mol. The van der Waals surface area contributed by atoms with E-state index in [2.05, 4.69) is 5.32 Å². The molecule has 0 bridgehead atoms. The normalized spacial score (nSPS) is 16.5. The van der Waals surface area contributed by atoms with E-state index in [0.29, 0.717) is 32.8 Å². The molecule has 0 heterocycles. The summed E-state index contributed by atoms with van der Waals surface area (Å²) in [7, 11) is 0. The maximum absolute atomic E-state index is 11.4. The molecule has 5 nitrogen and oxygen atoms in total. The van der Waals surface area contributed by atoms with Crippen LogP contribution in [0.1, 0.15) is 34.1 Å². The second kappa shape index (κ2) is 8.44. The van der Waals surface area contributed by atoms with Gasteiger partial charge < -0.3 is 20.5 Å². The maximum Gasteiger partial charge on any atom is 0.237 e. The maximum atomic E-state index is 11.4. The molecule has 2 atom stereocenters. The quantitative estimate of drug-likeness (QED) is 0.556. The standard InChI is InChI=1S/C12H26N2O3/c1-5-14-12(4,11(13)15)9-10(3)17-8-7-16-6-2/h10,14H,5-9H2,1-4H3,(H2,13,15). The van der Waals surface area contributed by atoms with Gasteiger partial charge >= 0.3 is 0 Å². The fourth-order valence-electron chi connectivity index (χ4n) is 1.74. The van der Waals surface area contributed by atoms with Gasteiger partial charge in [0.1, 0.15) is 0 Å². The Balaban J connectivity index is 4.04. The summed E-state index contributed by atoms with van der Waals surface area (Å²) in [4.78, 5) is 11.4. The summed E-state index contributed by atoms with van der Waals surface area (Å²) in [6.07, 6.45) is 0.523. The number of hydrogen-bond acceptors (Lipinski definition) is 4. The second-order valence-electron chi connectivity index (χ2n) is 4.31. The summed E-state index contributed by atoms with van der Waals surface area (Å²) >= 11 is 0. The van der Waals surface area contributed by atoms with Gasteiger partial charge in [0.25, 0.3) is 0 Å². The summed E-state index contributed by atoms with van der Waals surface area (Å²) in [5.74, 6) is -0.348. The third-order valence-corrected chi connectivity index (χ3v) is 2.64. The first-order chi connectivity index (χ1) is 7.96. The van der Waals surface area contributed by atoms with Crippen LogP contribution in [0.3, 0.4) is 0 Å². The lowest BCUT2D eigenvalue weighted by Crippen LogP contribution is -2.54. The Kier molecular flexibility index (Phi) is 8.12. The number of carbonyl (C=O) groups excluding carboxylic acids is 1. The molecule has 2 unspecified atom stereocenters. The molecule has 0 aromatic heterocycles. The highest BCUT2D eigenvalue weighted by Gasteiger charge is 2.31. The summed E-state index contributed by atoms with van der Waals surface area (Å²) in [6, 6.07) is 0. The van der Waals surface area contributed by atoms with Crippen LogP contribution in [0, 0.1) is 0 Å². The Morgan fingerprint density at radius 1 is 1.41 bits per heavy atom. The van der Waals surface area contributed by atoms with Crippen LogP contribution in [-0.2, 0) is 14.3 Å². The van der Waals surface area contributed by atoms with E-state index in [1.165, 1.54) is 0 Å². The summed E-state index contributed by atoms with van der Waals surface area (Å²) in [5, 5.41) is 3.11. The van der Waals surface area contributed by atoms with Crippen molar-refractivity contribution in [1.82, 2.24) is 5.32 Å². The third-order valence-electron chi connectivity index (χ3n) is 2.64. The number of carbonyl (C=O) groups is 1. The molecule has 0 rings (SSSR count). The van der Waals surface area contributed by atoms with Gasteiger partial charge in [-0.2, -0.15) is 0 Å². The van der Waals surface area contributed by atoms with Crippen molar-refractivity contribution in [2.45, 2.75) is 45.8 Å². The van der Waals surface area contributed by atoms with Gasteiger partial charge in [0.2, 0.25) is 5.91 Å². The van der Waals surface area contributed by atoms with Gasteiger partial charge in [0, 0.05) is 13.0 Å². The molecule has 0 fully saturated rings. The van der Waals surface area contributed by atoms with Crippen molar-refractivity contribution in [3.05, 3.63) is 0 Å². The van der Waals surface area contributed by atoms with E-state index in [4.69, 9.17) is 15.2 Å². The van der Waals surface area contributed by atoms with Gasteiger partial charge in [-0.3, -0.25) is 4.79 Å². The van der Waals surface area contributed by atoms with Crippen molar-refractivity contribution >= 4 is 5.91 Å². The van der Waals surface area contributed by atoms with E-state index in [1.54, 1.807) is 6.92 Å². The number of nitrogens with one attached hydrogen (secondary N) is 1. The molecule has 0 saturated heterocycles. The molecule has 0 radical (unpaired) electrons. The van der Waals surface area contributed by atoms with Crippen LogP contribution in [0.5, 0.6) is 0 Å². The highest BCUT2D eigenvalue weighted by molar-refractivity contribution is 5.84. The SMILES string of the molecule is CCNC(C)(CC(C)OCCOCC)C(N)=O. The predicted octanol–water partition coefficient (Wildman–Crippen LogP) is 0.672. The van der Waals surface area contributed by atoms with Gasteiger partial charge in [0.05, 0.1) is 24.9 Å². The number of likely N-dealkylation sites (N-methyl/N-ethyl adjacent to an activating group) is 1. The van der Waals surface area contributed by atoms with E-state index in [-0.39, 0.29) is 12.0 Å². The lowest BCUT2D eigenvalue weighted by atomic mass is 9.94. The van der Waals surface area contributed by atoms with E-state index in [9.17, 15) is 4.79 Å². The molecule has 0 aliphatic heterocycles. The smallest absolute Gasteiger partial charge is 0.237 e. The number of hydrogen-bond donors (Lipinski definition) is 2. The minimum Gasteiger partial charge on any atom is -0.379 e. The number of rotatable bonds is 10. The Bertz CT molecular complexity index is 224. The molecule has 0 aliphatic carbocycles. The van der Waals surface area contributed by atoms with E-state index >= 15 is 0 Å². The molecular formula is C12H26N2O3. The van der Waals surface area contributed by atoms with Gasteiger partial charge in [-0.05, 0) is 27.3 Å². The molecule has 0 aliphatic rings. The summed E-state index contributed by atoms with van der Waals surface area (Å²) < 4.78 is 10.7. The number of primary amides is 1. The zero-order valence-electron chi connectivity index (χ0n) is 11.4. The van der Waals surface area contributed by atoms with Crippen LogP contribution < -0.4 is 11.1 Å². The van der Waals surface area contributed by atoms with Gasteiger partial charge in [-0.15, -0.1) is 0 Å². The van der Waals surface area contributed by atoms with Gasteiger partial charge in [-0.25, -0.2) is 0 Å². The average molecular weight is 246 g/mol. The van der Waals surface area contributed by atoms with Crippen molar-refractivity contribution in [1.29, 1.82) is 0 Å². The largest absolute Gasteiger partial charge is 0.379 e. The molecule has 1 amide bonds. The molecule has 3 N–H and O–H groups in total. The molecule has 0 spiro atoms. The number of amides is 1. The van der Waals surface area contributed by atoms with Gasteiger partial charge in [0.15, 0.2) is 0 Å². The predicted molar refractivity (Wildman–Crippen MR) is 67.8 cm³/mol. The third kappa shape index (κ3) is 6.61. The fourth-order valence-corrected chi connectivity index (χ4v) is 1.74. The Labute approximate surface area is 104 Å². The molecule has 102 valence electrons. The van der Waals surface area contributed by atoms with Crippen molar-refractivity contribution in [2.24, 2.45) is 5.73 Å².